The number of fused-ring (bicyclic) bond motifs is 1. The van der Waals surface area contributed by atoms with Gasteiger partial charge in [0.2, 0.25) is 0 Å². The van der Waals surface area contributed by atoms with E-state index in [9.17, 15) is 0 Å². The molecule has 0 fully saturated rings. The van der Waals surface area contributed by atoms with Gasteiger partial charge in [0.05, 0.1) is 28.1 Å². The predicted octanol–water partition coefficient (Wildman–Crippen LogP) is 2.63. The third kappa shape index (κ3) is 2.09. The van der Waals surface area contributed by atoms with Crippen LogP contribution in [0.3, 0.4) is 0 Å². The van der Waals surface area contributed by atoms with Crippen LogP contribution in [0.5, 0.6) is 0 Å². The highest BCUT2D eigenvalue weighted by atomic mass is 32.1. The van der Waals surface area contributed by atoms with Gasteiger partial charge < -0.3 is 10.3 Å². The molecule has 92 valence electrons. The second-order valence-electron chi connectivity index (χ2n) is 4.29. The molecule has 2 aromatic heterocycles. The van der Waals surface area contributed by atoms with Crippen LogP contribution in [0.25, 0.3) is 11.0 Å². The number of thiazole rings is 1. The molecule has 0 radical (unpaired) electrons. The summed E-state index contributed by atoms with van der Waals surface area (Å²) in [7, 11) is 0. The molecule has 0 bridgehead atoms. The molecule has 3 aromatic rings. The van der Waals surface area contributed by atoms with Crippen molar-refractivity contribution in [3.63, 3.8) is 0 Å². The Labute approximate surface area is 109 Å². The number of hydrogen-bond acceptors (Lipinski definition) is 4. The lowest BCUT2D eigenvalue weighted by molar-refractivity contribution is 0.705. The number of aromatic nitrogens is 3. The van der Waals surface area contributed by atoms with E-state index in [-0.39, 0.29) is 0 Å². The zero-order chi connectivity index (χ0) is 12.5. The van der Waals surface area contributed by atoms with Gasteiger partial charge in [-0.3, -0.25) is 0 Å². The number of imidazole rings is 1. The topological polar surface area (TPSA) is 56.7 Å². The number of nitrogens with zero attached hydrogens (tertiary/aromatic N) is 3. The molecule has 4 nitrogen and oxygen atoms in total. The predicted molar refractivity (Wildman–Crippen MR) is 74.7 cm³/mol. The first kappa shape index (κ1) is 11.2. The van der Waals surface area contributed by atoms with Gasteiger partial charge in [0.25, 0.3) is 0 Å². The summed E-state index contributed by atoms with van der Waals surface area (Å²) in [5, 5.41) is 3.24. The average Bonchev–Trinajstić information content (AvgIpc) is 2.92. The van der Waals surface area contributed by atoms with Crippen LogP contribution in [0.1, 0.15) is 10.7 Å². The molecule has 0 aliphatic rings. The average molecular weight is 258 g/mol. The third-order valence-corrected chi connectivity index (χ3v) is 3.74. The monoisotopic (exact) mass is 258 g/mol. The number of aryl methyl sites for hydroxylation is 3. The second kappa shape index (κ2) is 4.42. The van der Waals surface area contributed by atoms with Crippen LogP contribution < -0.4 is 5.73 Å². The molecule has 0 spiro atoms. The summed E-state index contributed by atoms with van der Waals surface area (Å²) < 4.78 is 2.14. The minimum absolute atomic E-state index is 0.753. The van der Waals surface area contributed by atoms with Gasteiger partial charge in [-0.2, -0.15) is 0 Å². The van der Waals surface area contributed by atoms with Gasteiger partial charge in [0, 0.05) is 24.0 Å². The summed E-state index contributed by atoms with van der Waals surface area (Å²) in [6.45, 7) is 2.92. The zero-order valence-electron chi connectivity index (χ0n) is 10.1. The Balaban J connectivity index is 1.82. The molecule has 1 aromatic carbocycles. The summed E-state index contributed by atoms with van der Waals surface area (Å²) in [5.41, 5.74) is 9.71. The smallest absolute Gasteiger partial charge is 0.0958 e. The maximum absolute atomic E-state index is 5.74. The van der Waals surface area contributed by atoms with Crippen molar-refractivity contribution in [2.45, 2.75) is 19.9 Å². The molecule has 5 heteroatoms. The number of rotatable bonds is 3. The highest BCUT2D eigenvalue weighted by molar-refractivity contribution is 7.09. The SMILES string of the molecule is Cc1nc(CCn2cnc3cc(N)ccc32)cs1. The number of hydrogen-bond donors (Lipinski definition) is 1. The van der Waals surface area contributed by atoms with Gasteiger partial charge in [-0.05, 0) is 25.1 Å². The molecule has 0 aliphatic carbocycles. The Morgan fingerprint density at radius 1 is 1.39 bits per heavy atom. The molecule has 3 rings (SSSR count). The van der Waals surface area contributed by atoms with Gasteiger partial charge in [0.15, 0.2) is 0 Å². The van der Waals surface area contributed by atoms with E-state index < -0.39 is 0 Å². The molecular formula is C13H14N4S. The van der Waals surface area contributed by atoms with E-state index in [1.165, 1.54) is 0 Å². The van der Waals surface area contributed by atoms with Gasteiger partial charge in [0.1, 0.15) is 0 Å². The van der Waals surface area contributed by atoms with E-state index in [2.05, 4.69) is 19.9 Å². The van der Waals surface area contributed by atoms with E-state index in [1.54, 1.807) is 11.3 Å². The summed E-state index contributed by atoms with van der Waals surface area (Å²) in [4.78, 5) is 8.83. The van der Waals surface area contributed by atoms with E-state index in [0.717, 1.165) is 40.4 Å². The van der Waals surface area contributed by atoms with Gasteiger partial charge in [-0.15, -0.1) is 11.3 Å². The van der Waals surface area contributed by atoms with E-state index in [4.69, 9.17) is 5.73 Å². The first-order valence-corrected chi connectivity index (χ1v) is 6.72. The Bertz CT molecular complexity index is 683. The summed E-state index contributed by atoms with van der Waals surface area (Å²) in [6.07, 6.45) is 2.80. The van der Waals surface area contributed by atoms with E-state index in [1.807, 2.05) is 31.5 Å². The fraction of sp³-hybridized carbons (Fsp3) is 0.231. The Morgan fingerprint density at radius 2 is 2.28 bits per heavy atom. The van der Waals surface area contributed by atoms with Gasteiger partial charge in [-0.1, -0.05) is 0 Å². The first-order chi connectivity index (χ1) is 8.72. The van der Waals surface area contributed by atoms with Crippen LogP contribution in [0.15, 0.2) is 29.9 Å². The number of benzene rings is 1. The van der Waals surface area contributed by atoms with Crippen LogP contribution in [-0.2, 0) is 13.0 Å². The summed E-state index contributed by atoms with van der Waals surface area (Å²) >= 11 is 1.69. The largest absolute Gasteiger partial charge is 0.399 e. The molecule has 0 aliphatic heterocycles. The minimum Gasteiger partial charge on any atom is -0.399 e. The Kier molecular flexibility index (Phi) is 2.76. The van der Waals surface area contributed by atoms with Gasteiger partial charge in [-0.25, -0.2) is 9.97 Å². The van der Waals surface area contributed by atoms with Crippen molar-refractivity contribution < 1.29 is 0 Å². The minimum atomic E-state index is 0.753. The molecule has 2 N–H and O–H groups in total. The van der Waals surface area contributed by atoms with Crippen molar-refractivity contribution in [2.24, 2.45) is 0 Å². The van der Waals surface area contributed by atoms with Gasteiger partial charge >= 0.3 is 0 Å². The van der Waals surface area contributed by atoms with Crippen molar-refractivity contribution in [2.75, 3.05) is 5.73 Å². The van der Waals surface area contributed by atoms with Crippen LogP contribution in [-0.4, -0.2) is 14.5 Å². The number of anilines is 1. The van der Waals surface area contributed by atoms with Crippen LogP contribution in [0.4, 0.5) is 5.69 Å². The van der Waals surface area contributed by atoms with E-state index >= 15 is 0 Å². The fourth-order valence-corrected chi connectivity index (χ4v) is 2.66. The fourth-order valence-electron chi connectivity index (χ4n) is 2.02. The molecule has 18 heavy (non-hydrogen) atoms. The van der Waals surface area contributed by atoms with Crippen molar-refractivity contribution in [3.05, 3.63) is 40.6 Å². The standard InChI is InChI=1S/C13H14N4S/c1-9-16-11(7-18-9)4-5-17-8-15-12-6-10(14)2-3-13(12)17/h2-3,6-8H,4-5,14H2,1H3. The van der Waals surface area contributed by atoms with Crippen LogP contribution >= 0.6 is 11.3 Å². The quantitative estimate of drug-likeness (QED) is 0.735. The van der Waals surface area contributed by atoms with Crippen LogP contribution in [0.2, 0.25) is 0 Å². The second-order valence-corrected chi connectivity index (χ2v) is 5.36. The van der Waals surface area contributed by atoms with E-state index in [0.29, 0.717) is 0 Å². The summed E-state index contributed by atoms with van der Waals surface area (Å²) in [6, 6.07) is 5.83. The van der Waals surface area contributed by atoms with Crippen molar-refractivity contribution >= 4 is 28.1 Å². The highest BCUT2D eigenvalue weighted by Crippen LogP contribution is 2.17. The van der Waals surface area contributed by atoms with Crippen LogP contribution in [0, 0.1) is 6.92 Å². The maximum Gasteiger partial charge on any atom is 0.0958 e. The zero-order valence-corrected chi connectivity index (χ0v) is 10.9. The molecule has 2 heterocycles. The highest BCUT2D eigenvalue weighted by Gasteiger charge is 2.04. The molecule has 0 amide bonds. The number of nitrogen functional groups attached to an aromatic ring is 1. The molecule has 0 unspecified atom stereocenters. The summed E-state index contributed by atoms with van der Waals surface area (Å²) in [5.74, 6) is 0. The number of nitrogens with two attached hydrogens (primary N) is 1. The Morgan fingerprint density at radius 3 is 3.06 bits per heavy atom. The molecule has 0 atom stereocenters. The lowest BCUT2D eigenvalue weighted by Crippen LogP contribution is -2.00. The normalized spacial score (nSPS) is 11.2. The lowest BCUT2D eigenvalue weighted by Gasteiger charge is -2.02. The molecular weight excluding hydrogens is 244 g/mol. The van der Waals surface area contributed by atoms with Crippen molar-refractivity contribution in [3.8, 4) is 0 Å². The van der Waals surface area contributed by atoms with Crippen molar-refractivity contribution in [1.82, 2.24) is 14.5 Å². The molecule has 0 saturated heterocycles. The first-order valence-electron chi connectivity index (χ1n) is 5.84. The van der Waals surface area contributed by atoms with Crippen molar-refractivity contribution in [1.29, 1.82) is 0 Å². The lowest BCUT2D eigenvalue weighted by atomic mass is 10.2. The Hall–Kier alpha value is -1.88. The maximum atomic E-state index is 5.74. The molecule has 0 saturated carbocycles. The third-order valence-electron chi connectivity index (χ3n) is 2.92.